The molecule has 12 heavy (non-hydrogen) atoms. The van der Waals surface area contributed by atoms with Crippen molar-refractivity contribution in [3.63, 3.8) is 0 Å². The highest BCUT2D eigenvalue weighted by molar-refractivity contribution is 7.99. The molecule has 0 aliphatic heterocycles. The molecule has 1 nitrogen and oxygen atoms in total. The third-order valence-electron chi connectivity index (χ3n) is 2.45. The Balaban J connectivity index is 2.26. The van der Waals surface area contributed by atoms with Crippen LogP contribution in [0, 0.1) is 0 Å². The Morgan fingerprint density at radius 2 is 2.00 bits per heavy atom. The number of hydrogen-bond donors (Lipinski definition) is 1. The monoisotopic (exact) mass is 188 g/mol. The number of rotatable bonds is 3. The van der Waals surface area contributed by atoms with Gasteiger partial charge < -0.3 is 5.11 Å². The van der Waals surface area contributed by atoms with Crippen LogP contribution in [0.4, 0.5) is 0 Å². The van der Waals surface area contributed by atoms with E-state index in [9.17, 15) is 5.11 Å². The lowest BCUT2D eigenvalue weighted by atomic mass is 10.1. The van der Waals surface area contributed by atoms with Crippen LogP contribution < -0.4 is 0 Å². The van der Waals surface area contributed by atoms with Crippen molar-refractivity contribution in [3.05, 3.63) is 0 Å². The van der Waals surface area contributed by atoms with Gasteiger partial charge in [0.05, 0.1) is 6.10 Å². The second kappa shape index (κ2) is 5.87. The van der Waals surface area contributed by atoms with Crippen LogP contribution in [0.3, 0.4) is 0 Å². The lowest BCUT2D eigenvalue weighted by Gasteiger charge is -2.19. The zero-order chi connectivity index (χ0) is 8.81. The second-order valence-corrected chi connectivity index (χ2v) is 4.96. The van der Waals surface area contributed by atoms with Crippen LogP contribution in [-0.2, 0) is 0 Å². The lowest BCUT2D eigenvalue weighted by molar-refractivity contribution is 0.163. The Morgan fingerprint density at radius 3 is 2.75 bits per heavy atom. The first-order valence-corrected chi connectivity index (χ1v) is 6.19. The summed E-state index contributed by atoms with van der Waals surface area (Å²) in [4.78, 5) is 0. The molecule has 0 bridgehead atoms. The van der Waals surface area contributed by atoms with Crippen LogP contribution in [0.15, 0.2) is 0 Å². The topological polar surface area (TPSA) is 20.2 Å². The number of hydrogen-bond acceptors (Lipinski definition) is 2. The minimum atomic E-state index is -0.0240. The van der Waals surface area contributed by atoms with Crippen LogP contribution in [0.2, 0.25) is 0 Å². The van der Waals surface area contributed by atoms with Gasteiger partial charge in [0.15, 0.2) is 0 Å². The molecule has 0 heterocycles. The molecule has 2 atom stereocenters. The molecule has 0 amide bonds. The molecule has 1 aliphatic carbocycles. The Hall–Kier alpha value is 0.310. The fourth-order valence-corrected chi connectivity index (χ4v) is 2.95. The Bertz CT molecular complexity index is 116. The van der Waals surface area contributed by atoms with Crippen molar-refractivity contribution in [2.24, 2.45) is 0 Å². The van der Waals surface area contributed by atoms with Crippen LogP contribution in [0.1, 0.15) is 45.4 Å². The number of thioether (sulfide) groups is 1. The highest BCUT2D eigenvalue weighted by Gasteiger charge is 2.20. The van der Waals surface area contributed by atoms with E-state index >= 15 is 0 Å². The zero-order valence-corrected chi connectivity index (χ0v) is 8.78. The van der Waals surface area contributed by atoms with Crippen LogP contribution in [-0.4, -0.2) is 22.2 Å². The summed E-state index contributed by atoms with van der Waals surface area (Å²) in [5.74, 6) is 1.21. The molecule has 1 aliphatic rings. The SMILES string of the molecule is CCCSC1CCCCCC1O. The average molecular weight is 188 g/mol. The van der Waals surface area contributed by atoms with Gasteiger partial charge in [0.25, 0.3) is 0 Å². The van der Waals surface area contributed by atoms with Crippen molar-refractivity contribution in [3.8, 4) is 0 Å². The van der Waals surface area contributed by atoms with Crippen molar-refractivity contribution < 1.29 is 5.11 Å². The summed E-state index contributed by atoms with van der Waals surface area (Å²) < 4.78 is 0. The molecular formula is C10H20OS. The summed E-state index contributed by atoms with van der Waals surface area (Å²) >= 11 is 1.97. The molecule has 0 radical (unpaired) electrons. The molecule has 0 aromatic carbocycles. The van der Waals surface area contributed by atoms with E-state index in [4.69, 9.17) is 0 Å². The first-order chi connectivity index (χ1) is 5.84. The van der Waals surface area contributed by atoms with Crippen molar-refractivity contribution >= 4 is 11.8 Å². The molecule has 1 fully saturated rings. The van der Waals surface area contributed by atoms with Gasteiger partial charge in [-0.15, -0.1) is 0 Å². The molecular weight excluding hydrogens is 168 g/mol. The molecule has 1 saturated carbocycles. The van der Waals surface area contributed by atoms with Gasteiger partial charge in [-0.25, -0.2) is 0 Å². The quantitative estimate of drug-likeness (QED) is 0.687. The predicted molar refractivity (Wildman–Crippen MR) is 55.6 cm³/mol. The normalized spacial score (nSPS) is 31.5. The molecule has 72 valence electrons. The van der Waals surface area contributed by atoms with E-state index in [-0.39, 0.29) is 6.10 Å². The Kier molecular flexibility index (Phi) is 5.08. The standard InChI is InChI=1S/C10H20OS/c1-2-8-12-10-7-5-3-4-6-9(10)11/h9-11H,2-8H2,1H3. The van der Waals surface area contributed by atoms with E-state index in [2.05, 4.69) is 6.92 Å². The fraction of sp³-hybridized carbons (Fsp3) is 1.00. The highest BCUT2D eigenvalue weighted by atomic mass is 32.2. The lowest BCUT2D eigenvalue weighted by Crippen LogP contribution is -2.21. The highest BCUT2D eigenvalue weighted by Crippen LogP contribution is 2.27. The third-order valence-corrected chi connectivity index (χ3v) is 4.08. The first-order valence-electron chi connectivity index (χ1n) is 5.14. The minimum Gasteiger partial charge on any atom is -0.392 e. The molecule has 0 aromatic rings. The van der Waals surface area contributed by atoms with Crippen LogP contribution in [0.5, 0.6) is 0 Å². The average Bonchev–Trinajstić information content (AvgIpc) is 2.27. The second-order valence-electron chi connectivity index (χ2n) is 3.61. The maximum Gasteiger partial charge on any atom is 0.0658 e. The van der Waals surface area contributed by atoms with E-state index in [1.807, 2.05) is 11.8 Å². The van der Waals surface area contributed by atoms with Gasteiger partial charge in [-0.05, 0) is 25.0 Å². The summed E-state index contributed by atoms with van der Waals surface area (Å²) in [6.07, 6.45) is 7.33. The first kappa shape index (κ1) is 10.4. The van der Waals surface area contributed by atoms with Gasteiger partial charge in [0.1, 0.15) is 0 Å². The van der Waals surface area contributed by atoms with E-state index in [0.717, 1.165) is 6.42 Å². The van der Waals surface area contributed by atoms with Crippen LogP contribution in [0.25, 0.3) is 0 Å². The summed E-state index contributed by atoms with van der Waals surface area (Å²) in [6, 6.07) is 0. The van der Waals surface area contributed by atoms with Gasteiger partial charge in [-0.3, -0.25) is 0 Å². The maximum absolute atomic E-state index is 9.75. The van der Waals surface area contributed by atoms with E-state index < -0.39 is 0 Å². The molecule has 0 spiro atoms. The summed E-state index contributed by atoms with van der Waals surface area (Å²) in [5.41, 5.74) is 0. The van der Waals surface area contributed by atoms with E-state index in [1.54, 1.807) is 0 Å². The third kappa shape index (κ3) is 3.36. The van der Waals surface area contributed by atoms with Crippen molar-refractivity contribution in [2.45, 2.75) is 56.8 Å². The van der Waals surface area contributed by atoms with Gasteiger partial charge in [-0.1, -0.05) is 26.2 Å². The minimum absolute atomic E-state index is 0.0240. The maximum atomic E-state index is 9.75. The largest absolute Gasteiger partial charge is 0.392 e. The summed E-state index contributed by atoms with van der Waals surface area (Å²) in [6.45, 7) is 2.20. The zero-order valence-electron chi connectivity index (χ0n) is 7.96. The van der Waals surface area contributed by atoms with Crippen molar-refractivity contribution in [1.82, 2.24) is 0 Å². The summed E-state index contributed by atoms with van der Waals surface area (Å²) in [7, 11) is 0. The van der Waals surface area contributed by atoms with Crippen LogP contribution >= 0.6 is 11.8 Å². The molecule has 1 rings (SSSR count). The Labute approximate surface area is 79.9 Å². The molecule has 0 aromatic heterocycles. The van der Waals surface area contributed by atoms with Gasteiger partial charge >= 0.3 is 0 Å². The van der Waals surface area contributed by atoms with E-state index in [0.29, 0.717) is 5.25 Å². The van der Waals surface area contributed by atoms with Gasteiger partial charge in [0.2, 0.25) is 0 Å². The molecule has 2 unspecified atom stereocenters. The smallest absolute Gasteiger partial charge is 0.0658 e. The molecule has 0 saturated heterocycles. The van der Waals surface area contributed by atoms with Gasteiger partial charge in [-0.2, -0.15) is 11.8 Å². The molecule has 2 heteroatoms. The fourth-order valence-electron chi connectivity index (χ4n) is 1.72. The predicted octanol–water partition coefficient (Wildman–Crippen LogP) is 2.82. The van der Waals surface area contributed by atoms with E-state index in [1.165, 1.54) is 37.9 Å². The Morgan fingerprint density at radius 1 is 1.25 bits per heavy atom. The molecule has 1 N–H and O–H groups in total. The van der Waals surface area contributed by atoms with Crippen molar-refractivity contribution in [2.75, 3.05) is 5.75 Å². The number of aliphatic hydroxyl groups is 1. The van der Waals surface area contributed by atoms with Gasteiger partial charge in [0, 0.05) is 5.25 Å². The summed E-state index contributed by atoms with van der Waals surface area (Å²) in [5, 5.41) is 10.3. The van der Waals surface area contributed by atoms with Crippen molar-refractivity contribution in [1.29, 1.82) is 0 Å². The number of aliphatic hydroxyl groups excluding tert-OH is 1.